The molecule has 1 aliphatic rings. The lowest BCUT2D eigenvalue weighted by atomic mass is 10.0. The van der Waals surface area contributed by atoms with Gasteiger partial charge in [-0.1, -0.05) is 30.3 Å². The molecule has 1 heterocycles. The van der Waals surface area contributed by atoms with E-state index in [0.717, 1.165) is 9.87 Å². The van der Waals surface area contributed by atoms with Crippen LogP contribution in [0.25, 0.3) is 5.57 Å². The summed E-state index contributed by atoms with van der Waals surface area (Å²) < 4.78 is 43.4. The van der Waals surface area contributed by atoms with Gasteiger partial charge >= 0.3 is 0 Å². The van der Waals surface area contributed by atoms with Gasteiger partial charge in [-0.3, -0.25) is 9.10 Å². The highest BCUT2D eigenvalue weighted by Gasteiger charge is 2.38. The Kier molecular flexibility index (Phi) is 6.87. The van der Waals surface area contributed by atoms with Crippen LogP contribution in [-0.4, -0.2) is 48.7 Å². The Labute approximate surface area is 182 Å². The number of fused-ring (bicyclic) bond motifs is 1. The molecule has 0 atom stereocenters. The Morgan fingerprint density at radius 2 is 1.71 bits per heavy atom. The van der Waals surface area contributed by atoms with Gasteiger partial charge in [-0.25, -0.2) is 8.42 Å². The molecule has 0 unspecified atom stereocenters. The van der Waals surface area contributed by atoms with Crippen LogP contribution >= 0.6 is 0 Å². The lowest BCUT2D eigenvalue weighted by molar-refractivity contribution is -0.117. The van der Waals surface area contributed by atoms with Crippen LogP contribution in [-0.2, 0) is 26.2 Å². The number of hydrogen-bond acceptors (Lipinski definition) is 6. The second-order valence-corrected chi connectivity index (χ2v) is 8.85. The first kappa shape index (κ1) is 22.6. The molecular formula is C22H26N2O6S. The third-order valence-corrected chi connectivity index (χ3v) is 6.98. The number of amides is 1. The van der Waals surface area contributed by atoms with Crippen molar-refractivity contribution >= 4 is 27.2 Å². The third-order valence-electron chi connectivity index (χ3n) is 5.05. The molecule has 1 aliphatic heterocycles. The second kappa shape index (κ2) is 9.40. The van der Waals surface area contributed by atoms with Crippen molar-refractivity contribution in [3.63, 3.8) is 0 Å². The van der Waals surface area contributed by atoms with Crippen molar-refractivity contribution in [3.05, 3.63) is 58.5 Å². The number of allylic oxidation sites excluding steroid dienone is 1. The van der Waals surface area contributed by atoms with Crippen LogP contribution in [0, 0.1) is 0 Å². The van der Waals surface area contributed by atoms with Crippen molar-refractivity contribution in [1.82, 2.24) is 5.32 Å². The molecule has 0 saturated heterocycles. The molecule has 0 aliphatic carbocycles. The summed E-state index contributed by atoms with van der Waals surface area (Å²) in [5.41, 5.74) is 2.36. The normalized spacial score (nSPS) is 14.8. The number of hydrogen-bond donors (Lipinski definition) is 1. The molecule has 0 radical (unpaired) electrons. The van der Waals surface area contributed by atoms with E-state index in [4.69, 9.17) is 14.2 Å². The van der Waals surface area contributed by atoms with Gasteiger partial charge < -0.3 is 19.5 Å². The maximum atomic E-state index is 13.1. The predicted molar refractivity (Wildman–Crippen MR) is 119 cm³/mol. The van der Waals surface area contributed by atoms with Crippen molar-refractivity contribution in [1.29, 1.82) is 0 Å². The Bertz CT molecular complexity index is 1100. The van der Waals surface area contributed by atoms with Crippen LogP contribution in [0.4, 0.5) is 5.69 Å². The molecule has 1 amide bonds. The van der Waals surface area contributed by atoms with Gasteiger partial charge in [-0.15, -0.1) is 0 Å². The molecule has 9 heteroatoms. The average Bonchev–Trinajstić information content (AvgIpc) is 2.77. The van der Waals surface area contributed by atoms with Gasteiger partial charge in [0.15, 0.2) is 16.4 Å². The van der Waals surface area contributed by atoms with E-state index in [1.54, 1.807) is 19.1 Å². The molecule has 166 valence electrons. The van der Waals surface area contributed by atoms with Crippen molar-refractivity contribution in [2.24, 2.45) is 0 Å². The van der Waals surface area contributed by atoms with Gasteiger partial charge in [0.05, 0.1) is 33.1 Å². The Hall–Kier alpha value is -3.04. The summed E-state index contributed by atoms with van der Waals surface area (Å²) >= 11 is 0. The number of ether oxygens (including phenoxy) is 3. The first-order valence-electron chi connectivity index (χ1n) is 9.67. The summed E-state index contributed by atoms with van der Waals surface area (Å²) in [5.74, 6) is 0.176. The van der Waals surface area contributed by atoms with Gasteiger partial charge in [0, 0.05) is 25.2 Å². The third kappa shape index (κ3) is 4.52. The van der Waals surface area contributed by atoms with Crippen LogP contribution in [0.2, 0.25) is 0 Å². The molecule has 2 aromatic carbocycles. The van der Waals surface area contributed by atoms with Crippen LogP contribution in [0.15, 0.2) is 47.4 Å². The maximum Gasteiger partial charge on any atom is 0.269 e. The van der Waals surface area contributed by atoms with E-state index in [1.165, 1.54) is 21.3 Å². The molecule has 1 N–H and O–H groups in total. The van der Waals surface area contributed by atoms with E-state index in [1.807, 2.05) is 30.3 Å². The molecular weight excluding hydrogens is 420 g/mol. The monoisotopic (exact) mass is 446 g/mol. The lowest BCUT2D eigenvalue weighted by Gasteiger charge is -2.30. The molecule has 0 bridgehead atoms. The molecule has 0 aromatic heterocycles. The van der Waals surface area contributed by atoms with Crippen molar-refractivity contribution in [2.45, 2.75) is 13.5 Å². The Morgan fingerprint density at radius 3 is 2.35 bits per heavy atom. The summed E-state index contributed by atoms with van der Waals surface area (Å²) in [7, 11) is 0.346. The highest BCUT2D eigenvalue weighted by molar-refractivity contribution is 7.97. The summed E-state index contributed by atoms with van der Waals surface area (Å²) in [6.45, 7) is 2.45. The van der Waals surface area contributed by atoms with Gasteiger partial charge in [-0.2, -0.15) is 0 Å². The van der Waals surface area contributed by atoms with Crippen molar-refractivity contribution < 1.29 is 27.4 Å². The van der Waals surface area contributed by atoms with Crippen LogP contribution in [0.1, 0.15) is 18.1 Å². The maximum absolute atomic E-state index is 13.1. The van der Waals surface area contributed by atoms with Gasteiger partial charge in [0.25, 0.3) is 15.9 Å². The van der Waals surface area contributed by atoms with Crippen LogP contribution < -0.4 is 19.1 Å². The minimum atomic E-state index is -4.03. The second-order valence-electron chi connectivity index (χ2n) is 6.95. The smallest absolute Gasteiger partial charge is 0.269 e. The molecule has 0 spiro atoms. The van der Waals surface area contributed by atoms with Gasteiger partial charge in [0.1, 0.15) is 0 Å². The summed E-state index contributed by atoms with van der Waals surface area (Å²) in [5, 5.41) is 2.64. The average molecular weight is 447 g/mol. The van der Waals surface area contributed by atoms with E-state index in [9.17, 15) is 13.2 Å². The first-order chi connectivity index (χ1) is 14.8. The molecule has 0 saturated carbocycles. The zero-order chi connectivity index (χ0) is 22.6. The summed E-state index contributed by atoms with van der Waals surface area (Å²) in [6, 6.07) is 12.9. The number of sulfonamides is 1. The first-order valence-corrected chi connectivity index (χ1v) is 11.1. The fourth-order valence-corrected chi connectivity index (χ4v) is 4.87. The zero-order valence-electron chi connectivity index (χ0n) is 18.0. The standard InChI is InChI=1S/C22H26N2O6S/c1-15-17-12-19(28-3)20(29-4)13-18(17)24(2)31(26,27)21(15)22(25)23-10-11-30-14-16-8-6-5-7-9-16/h5-9,12-13H,10-11,14H2,1-4H3,(H,23,25). The van der Waals surface area contributed by atoms with E-state index in [0.29, 0.717) is 34.9 Å². The lowest BCUT2D eigenvalue weighted by Crippen LogP contribution is -2.39. The number of carbonyl (C=O) groups excluding carboxylic acids is 1. The Balaban J connectivity index is 1.78. The van der Waals surface area contributed by atoms with Gasteiger partial charge in [-0.05, 0) is 24.1 Å². The number of rotatable bonds is 8. The molecule has 31 heavy (non-hydrogen) atoms. The minimum absolute atomic E-state index is 0.181. The van der Waals surface area contributed by atoms with Gasteiger partial charge in [0.2, 0.25) is 0 Å². The van der Waals surface area contributed by atoms with Crippen molar-refractivity contribution in [2.75, 3.05) is 38.7 Å². The number of methoxy groups -OCH3 is 2. The minimum Gasteiger partial charge on any atom is -0.493 e. The largest absolute Gasteiger partial charge is 0.493 e. The van der Waals surface area contributed by atoms with E-state index in [2.05, 4.69) is 5.32 Å². The number of anilines is 1. The summed E-state index contributed by atoms with van der Waals surface area (Å²) in [4.78, 5) is 12.5. The molecule has 2 aromatic rings. The quantitative estimate of drug-likeness (QED) is 0.627. The highest BCUT2D eigenvalue weighted by atomic mass is 32.2. The van der Waals surface area contributed by atoms with Crippen LogP contribution in [0.5, 0.6) is 11.5 Å². The van der Waals surface area contributed by atoms with E-state index >= 15 is 0 Å². The summed E-state index contributed by atoms with van der Waals surface area (Å²) in [6.07, 6.45) is 0. The number of nitrogens with zero attached hydrogens (tertiary/aromatic N) is 1. The fraction of sp³-hybridized carbons (Fsp3) is 0.318. The SMILES string of the molecule is COc1cc2c(cc1OC)N(C)S(=O)(=O)C(C(=O)NCCOCc1ccccc1)=C2C. The van der Waals surface area contributed by atoms with E-state index < -0.39 is 15.9 Å². The number of benzene rings is 2. The number of nitrogens with one attached hydrogen (secondary N) is 1. The van der Waals surface area contributed by atoms with Crippen LogP contribution in [0.3, 0.4) is 0 Å². The Morgan fingerprint density at radius 1 is 1.06 bits per heavy atom. The van der Waals surface area contributed by atoms with Crippen molar-refractivity contribution in [3.8, 4) is 11.5 Å². The number of carbonyl (C=O) groups is 1. The molecule has 0 fully saturated rings. The molecule has 3 rings (SSSR count). The molecule has 8 nitrogen and oxygen atoms in total. The topological polar surface area (TPSA) is 94.2 Å². The van der Waals surface area contributed by atoms with E-state index in [-0.39, 0.29) is 18.1 Å². The zero-order valence-corrected chi connectivity index (χ0v) is 18.8. The fourth-order valence-electron chi connectivity index (χ4n) is 3.38. The highest BCUT2D eigenvalue weighted by Crippen LogP contribution is 2.44. The predicted octanol–water partition coefficient (Wildman–Crippen LogP) is 2.55.